The van der Waals surface area contributed by atoms with Crippen molar-refractivity contribution in [2.24, 2.45) is 4.99 Å². The van der Waals surface area contributed by atoms with E-state index in [0.717, 1.165) is 24.6 Å². The standard InChI is InChI=1S/C15H24N4O2/c1-18(2)15(19(3)4)17-10-12-5-7-16-14(9-12)21-13-6-8-20-11-13/h5,7,9,13H,6,8,10-11H2,1-4H3. The quantitative estimate of drug-likeness (QED) is 0.617. The Morgan fingerprint density at radius 2 is 2.14 bits per heavy atom. The van der Waals surface area contributed by atoms with E-state index in [9.17, 15) is 0 Å². The van der Waals surface area contributed by atoms with Gasteiger partial charge in [0.1, 0.15) is 6.10 Å². The molecule has 1 aromatic rings. The molecule has 1 atom stereocenters. The Bertz CT molecular complexity index is 472. The van der Waals surface area contributed by atoms with E-state index in [1.165, 1.54) is 0 Å². The Morgan fingerprint density at radius 3 is 2.76 bits per heavy atom. The van der Waals surface area contributed by atoms with Gasteiger partial charge in [0.15, 0.2) is 5.96 Å². The third-order valence-electron chi connectivity index (χ3n) is 3.18. The average molecular weight is 292 g/mol. The van der Waals surface area contributed by atoms with Crippen LogP contribution < -0.4 is 4.74 Å². The summed E-state index contributed by atoms with van der Waals surface area (Å²) in [7, 11) is 7.94. The smallest absolute Gasteiger partial charge is 0.213 e. The fourth-order valence-corrected chi connectivity index (χ4v) is 2.23. The molecule has 2 rings (SSSR count). The number of ether oxygens (including phenoxy) is 2. The molecule has 0 aliphatic carbocycles. The van der Waals surface area contributed by atoms with Gasteiger partial charge in [-0.25, -0.2) is 9.98 Å². The van der Waals surface area contributed by atoms with Gasteiger partial charge in [-0.1, -0.05) is 0 Å². The van der Waals surface area contributed by atoms with E-state index in [4.69, 9.17) is 9.47 Å². The summed E-state index contributed by atoms with van der Waals surface area (Å²) in [6, 6.07) is 3.91. The fraction of sp³-hybridized carbons (Fsp3) is 0.600. The van der Waals surface area contributed by atoms with Crippen LogP contribution in [0.2, 0.25) is 0 Å². The monoisotopic (exact) mass is 292 g/mol. The van der Waals surface area contributed by atoms with Gasteiger partial charge in [0.05, 0.1) is 19.8 Å². The topological polar surface area (TPSA) is 50.2 Å². The summed E-state index contributed by atoms with van der Waals surface area (Å²) in [5, 5.41) is 0. The Kier molecular flexibility index (Phi) is 5.38. The second kappa shape index (κ2) is 7.26. The highest BCUT2D eigenvalue weighted by atomic mass is 16.5. The van der Waals surface area contributed by atoms with Crippen LogP contribution in [0, 0.1) is 0 Å². The van der Waals surface area contributed by atoms with Crippen LogP contribution in [0.1, 0.15) is 12.0 Å². The number of nitrogens with zero attached hydrogens (tertiary/aromatic N) is 4. The lowest BCUT2D eigenvalue weighted by Gasteiger charge is -2.22. The largest absolute Gasteiger partial charge is 0.472 e. The van der Waals surface area contributed by atoms with Crippen LogP contribution >= 0.6 is 0 Å². The number of aliphatic imine (C=N–C) groups is 1. The summed E-state index contributed by atoms with van der Waals surface area (Å²) < 4.78 is 11.1. The average Bonchev–Trinajstić information content (AvgIpc) is 2.91. The lowest BCUT2D eigenvalue weighted by Crippen LogP contribution is -2.35. The molecule has 6 heteroatoms. The van der Waals surface area contributed by atoms with Crippen LogP contribution in [0.4, 0.5) is 0 Å². The normalized spacial score (nSPS) is 17.4. The van der Waals surface area contributed by atoms with E-state index in [1.807, 2.05) is 50.1 Å². The highest BCUT2D eigenvalue weighted by Gasteiger charge is 2.17. The van der Waals surface area contributed by atoms with Gasteiger partial charge < -0.3 is 19.3 Å². The lowest BCUT2D eigenvalue weighted by molar-refractivity contribution is 0.138. The predicted octanol–water partition coefficient (Wildman–Crippen LogP) is 1.23. The number of hydrogen-bond donors (Lipinski definition) is 0. The van der Waals surface area contributed by atoms with Crippen molar-refractivity contribution in [1.82, 2.24) is 14.8 Å². The van der Waals surface area contributed by atoms with Crippen LogP contribution in [0.5, 0.6) is 5.88 Å². The minimum atomic E-state index is 0.121. The zero-order chi connectivity index (χ0) is 15.2. The lowest BCUT2D eigenvalue weighted by atomic mass is 10.2. The molecule has 116 valence electrons. The first-order valence-electron chi connectivity index (χ1n) is 7.14. The van der Waals surface area contributed by atoms with Crippen molar-refractivity contribution in [3.8, 4) is 5.88 Å². The SMILES string of the molecule is CN(C)C(=NCc1ccnc(OC2CCOC2)c1)N(C)C. The highest BCUT2D eigenvalue weighted by molar-refractivity contribution is 5.79. The predicted molar refractivity (Wildman–Crippen MR) is 82.6 cm³/mol. The second-order valence-corrected chi connectivity index (χ2v) is 5.51. The molecule has 6 nitrogen and oxygen atoms in total. The maximum absolute atomic E-state index is 5.81. The molecule has 0 N–H and O–H groups in total. The maximum Gasteiger partial charge on any atom is 0.213 e. The van der Waals surface area contributed by atoms with Gasteiger partial charge in [0.25, 0.3) is 0 Å². The third kappa shape index (κ3) is 4.60. The molecule has 2 heterocycles. The molecule has 1 unspecified atom stereocenters. The molecule has 1 fully saturated rings. The Morgan fingerprint density at radius 1 is 1.38 bits per heavy atom. The van der Waals surface area contributed by atoms with Crippen molar-refractivity contribution < 1.29 is 9.47 Å². The molecule has 0 saturated carbocycles. The summed E-state index contributed by atoms with van der Waals surface area (Å²) in [6.45, 7) is 2.02. The molecule has 0 bridgehead atoms. The molecule has 0 amide bonds. The van der Waals surface area contributed by atoms with Crippen molar-refractivity contribution in [3.63, 3.8) is 0 Å². The van der Waals surface area contributed by atoms with Crippen molar-refractivity contribution in [3.05, 3.63) is 23.9 Å². The summed E-state index contributed by atoms with van der Waals surface area (Å²) in [5.41, 5.74) is 1.08. The fourth-order valence-electron chi connectivity index (χ4n) is 2.23. The molecular weight excluding hydrogens is 268 g/mol. The van der Waals surface area contributed by atoms with E-state index >= 15 is 0 Å². The molecule has 1 saturated heterocycles. The van der Waals surface area contributed by atoms with Crippen LogP contribution in [0.3, 0.4) is 0 Å². The van der Waals surface area contributed by atoms with Gasteiger partial charge >= 0.3 is 0 Å². The molecular formula is C15H24N4O2. The highest BCUT2D eigenvalue weighted by Crippen LogP contribution is 2.16. The van der Waals surface area contributed by atoms with Gasteiger partial charge in [-0.3, -0.25) is 0 Å². The Hall–Kier alpha value is -1.82. The minimum Gasteiger partial charge on any atom is -0.472 e. The zero-order valence-corrected chi connectivity index (χ0v) is 13.2. The zero-order valence-electron chi connectivity index (χ0n) is 13.2. The van der Waals surface area contributed by atoms with Gasteiger partial charge in [-0.05, 0) is 11.6 Å². The van der Waals surface area contributed by atoms with Gasteiger partial charge in [0.2, 0.25) is 5.88 Å². The first-order chi connectivity index (χ1) is 10.1. The number of rotatable bonds is 4. The van der Waals surface area contributed by atoms with Crippen LogP contribution in [-0.4, -0.2) is 68.3 Å². The van der Waals surface area contributed by atoms with Crippen LogP contribution in [-0.2, 0) is 11.3 Å². The van der Waals surface area contributed by atoms with E-state index in [-0.39, 0.29) is 6.10 Å². The summed E-state index contributed by atoms with van der Waals surface area (Å²) in [5.74, 6) is 1.58. The molecule has 0 aromatic carbocycles. The molecule has 1 aromatic heterocycles. The molecule has 1 aliphatic heterocycles. The van der Waals surface area contributed by atoms with E-state index in [2.05, 4.69) is 9.98 Å². The van der Waals surface area contributed by atoms with E-state index in [1.54, 1.807) is 6.20 Å². The molecule has 21 heavy (non-hydrogen) atoms. The number of aromatic nitrogens is 1. The van der Waals surface area contributed by atoms with E-state index < -0.39 is 0 Å². The van der Waals surface area contributed by atoms with E-state index in [0.29, 0.717) is 19.0 Å². The van der Waals surface area contributed by atoms with Crippen LogP contribution in [0.25, 0.3) is 0 Å². The van der Waals surface area contributed by atoms with Gasteiger partial charge in [-0.15, -0.1) is 0 Å². The number of guanidine groups is 1. The minimum absolute atomic E-state index is 0.121. The van der Waals surface area contributed by atoms with Crippen LogP contribution in [0.15, 0.2) is 23.3 Å². The Labute approximate surface area is 126 Å². The summed E-state index contributed by atoms with van der Waals surface area (Å²) in [6.07, 6.45) is 2.81. The number of pyridine rings is 1. The van der Waals surface area contributed by atoms with Crippen molar-refractivity contribution in [2.75, 3.05) is 41.4 Å². The van der Waals surface area contributed by atoms with Crippen molar-refractivity contribution in [1.29, 1.82) is 0 Å². The maximum atomic E-state index is 5.81. The number of hydrogen-bond acceptors (Lipinski definition) is 4. The Balaban J connectivity index is 2.01. The molecule has 0 radical (unpaired) electrons. The van der Waals surface area contributed by atoms with Gasteiger partial charge in [0, 0.05) is 46.9 Å². The first-order valence-corrected chi connectivity index (χ1v) is 7.14. The summed E-state index contributed by atoms with van der Waals surface area (Å²) in [4.78, 5) is 12.9. The third-order valence-corrected chi connectivity index (χ3v) is 3.18. The molecule has 1 aliphatic rings. The van der Waals surface area contributed by atoms with Gasteiger partial charge in [-0.2, -0.15) is 0 Å². The van der Waals surface area contributed by atoms with Crippen molar-refractivity contribution in [2.45, 2.75) is 19.1 Å². The second-order valence-electron chi connectivity index (χ2n) is 5.51. The summed E-state index contributed by atoms with van der Waals surface area (Å²) >= 11 is 0. The molecule has 0 spiro atoms. The first kappa shape index (κ1) is 15.6. The van der Waals surface area contributed by atoms with Crippen molar-refractivity contribution >= 4 is 5.96 Å².